The number of benzene rings is 1. The molecule has 0 fully saturated rings. The van der Waals surface area contributed by atoms with Gasteiger partial charge < -0.3 is 15.5 Å². The van der Waals surface area contributed by atoms with E-state index in [2.05, 4.69) is 21.2 Å². The third-order valence-electron chi connectivity index (χ3n) is 2.21. The van der Waals surface area contributed by atoms with Crippen molar-refractivity contribution in [1.29, 1.82) is 0 Å². The van der Waals surface area contributed by atoms with Crippen molar-refractivity contribution in [3.8, 4) is 0 Å². The lowest BCUT2D eigenvalue weighted by Crippen LogP contribution is -2.32. The van der Waals surface area contributed by atoms with Crippen molar-refractivity contribution in [1.82, 2.24) is 5.32 Å². The largest absolute Gasteiger partial charge is 0.396 e. The summed E-state index contributed by atoms with van der Waals surface area (Å²) in [7, 11) is 0. The number of aliphatic hydroxyl groups is 2. The minimum atomic E-state index is -0.0290. The number of hydrogen-bond acceptors (Lipinski definition) is 3. The van der Waals surface area contributed by atoms with Gasteiger partial charge in [-0.05, 0) is 24.1 Å². The Morgan fingerprint density at radius 2 is 1.87 bits per heavy atom. The van der Waals surface area contributed by atoms with Gasteiger partial charge in [0.25, 0.3) is 0 Å². The molecule has 3 N–H and O–H groups in total. The van der Waals surface area contributed by atoms with Crippen LogP contribution in [0.25, 0.3) is 0 Å². The Morgan fingerprint density at radius 3 is 2.40 bits per heavy atom. The molecule has 0 aliphatic carbocycles. The average molecular weight is 274 g/mol. The van der Waals surface area contributed by atoms with E-state index in [-0.39, 0.29) is 19.3 Å². The van der Waals surface area contributed by atoms with Crippen LogP contribution in [-0.2, 0) is 6.54 Å². The normalized spacial score (nSPS) is 12.7. The fourth-order valence-corrected chi connectivity index (χ4v) is 1.54. The van der Waals surface area contributed by atoms with Crippen LogP contribution in [0.15, 0.2) is 28.7 Å². The summed E-state index contributed by atoms with van der Waals surface area (Å²) in [6.07, 6.45) is 0.576. The van der Waals surface area contributed by atoms with Crippen LogP contribution in [0, 0.1) is 0 Å². The van der Waals surface area contributed by atoms with Gasteiger partial charge in [-0.2, -0.15) is 0 Å². The van der Waals surface area contributed by atoms with Crippen LogP contribution in [0.2, 0.25) is 0 Å². The molecule has 0 radical (unpaired) electrons. The van der Waals surface area contributed by atoms with E-state index in [0.29, 0.717) is 13.0 Å². The Kier molecular flexibility index (Phi) is 5.86. The second kappa shape index (κ2) is 6.95. The van der Waals surface area contributed by atoms with E-state index in [1.54, 1.807) is 0 Å². The molecule has 1 aromatic rings. The second-order valence-corrected chi connectivity index (χ2v) is 4.31. The number of rotatable bonds is 6. The second-order valence-electron chi connectivity index (χ2n) is 3.40. The highest BCUT2D eigenvalue weighted by molar-refractivity contribution is 9.10. The van der Waals surface area contributed by atoms with E-state index in [1.165, 1.54) is 0 Å². The van der Waals surface area contributed by atoms with Gasteiger partial charge in [-0.1, -0.05) is 28.1 Å². The molecule has 1 aromatic carbocycles. The molecule has 0 aliphatic heterocycles. The van der Waals surface area contributed by atoms with Gasteiger partial charge in [0.05, 0.1) is 6.61 Å². The smallest absolute Gasteiger partial charge is 0.0585 e. The molecule has 84 valence electrons. The minimum Gasteiger partial charge on any atom is -0.396 e. The van der Waals surface area contributed by atoms with E-state index in [4.69, 9.17) is 10.2 Å². The van der Waals surface area contributed by atoms with Crippen LogP contribution in [0.3, 0.4) is 0 Å². The molecule has 4 heteroatoms. The Hall–Kier alpha value is -0.420. The minimum absolute atomic E-state index is 0.0290. The van der Waals surface area contributed by atoms with E-state index in [9.17, 15) is 0 Å². The number of halogens is 1. The lowest BCUT2D eigenvalue weighted by molar-refractivity contribution is 0.200. The standard InChI is InChI=1S/C11H16BrNO2/c12-10-3-1-9(2-4-10)7-13-11(8-15)5-6-14/h1-4,11,13-15H,5-8H2. The van der Waals surface area contributed by atoms with Crippen LogP contribution in [0.1, 0.15) is 12.0 Å². The van der Waals surface area contributed by atoms with Gasteiger partial charge in [0.15, 0.2) is 0 Å². The summed E-state index contributed by atoms with van der Waals surface area (Å²) < 4.78 is 1.06. The van der Waals surface area contributed by atoms with Gasteiger partial charge in [-0.3, -0.25) is 0 Å². The van der Waals surface area contributed by atoms with Crippen molar-refractivity contribution in [2.24, 2.45) is 0 Å². The summed E-state index contributed by atoms with van der Waals surface area (Å²) in [6, 6.07) is 7.97. The molecule has 3 nitrogen and oxygen atoms in total. The molecule has 0 bridgehead atoms. The molecular formula is C11H16BrNO2. The molecule has 0 heterocycles. The molecule has 0 amide bonds. The fourth-order valence-electron chi connectivity index (χ4n) is 1.28. The zero-order valence-corrected chi connectivity index (χ0v) is 10.1. The van der Waals surface area contributed by atoms with Gasteiger partial charge in [-0.25, -0.2) is 0 Å². The summed E-state index contributed by atoms with van der Waals surface area (Å²) in [5, 5.41) is 20.9. The third kappa shape index (κ3) is 4.75. The molecule has 15 heavy (non-hydrogen) atoms. The van der Waals surface area contributed by atoms with E-state index >= 15 is 0 Å². The molecule has 1 unspecified atom stereocenters. The molecule has 0 saturated carbocycles. The van der Waals surface area contributed by atoms with Gasteiger partial charge in [0.2, 0.25) is 0 Å². The van der Waals surface area contributed by atoms with Crippen molar-refractivity contribution < 1.29 is 10.2 Å². The van der Waals surface area contributed by atoms with Gasteiger partial charge in [0.1, 0.15) is 0 Å². The lowest BCUT2D eigenvalue weighted by atomic mass is 10.2. The number of aliphatic hydroxyl groups excluding tert-OH is 2. The van der Waals surface area contributed by atoms with Crippen LogP contribution < -0.4 is 5.32 Å². The lowest BCUT2D eigenvalue weighted by Gasteiger charge is -2.14. The molecule has 0 aromatic heterocycles. The highest BCUT2D eigenvalue weighted by atomic mass is 79.9. The summed E-state index contributed by atoms with van der Waals surface area (Å²) >= 11 is 3.37. The molecule has 1 atom stereocenters. The first-order chi connectivity index (χ1) is 7.26. The maximum Gasteiger partial charge on any atom is 0.0585 e. The first-order valence-electron chi connectivity index (χ1n) is 4.96. The number of nitrogens with one attached hydrogen (secondary N) is 1. The predicted molar refractivity (Wildman–Crippen MR) is 63.6 cm³/mol. The Balaban J connectivity index is 2.38. The highest BCUT2D eigenvalue weighted by Gasteiger charge is 2.05. The molecule has 0 spiro atoms. The Labute approximate surface area is 98.3 Å². The van der Waals surface area contributed by atoms with E-state index in [1.807, 2.05) is 24.3 Å². The first-order valence-corrected chi connectivity index (χ1v) is 5.75. The summed E-state index contributed by atoms with van der Waals surface area (Å²) in [5.74, 6) is 0. The molecule has 1 rings (SSSR count). The zero-order valence-electron chi connectivity index (χ0n) is 8.49. The van der Waals surface area contributed by atoms with Gasteiger partial charge in [0, 0.05) is 23.7 Å². The van der Waals surface area contributed by atoms with Gasteiger partial charge >= 0.3 is 0 Å². The van der Waals surface area contributed by atoms with Crippen molar-refractivity contribution in [2.75, 3.05) is 13.2 Å². The molecule has 0 aliphatic rings. The van der Waals surface area contributed by atoms with Crippen molar-refractivity contribution >= 4 is 15.9 Å². The summed E-state index contributed by atoms with van der Waals surface area (Å²) in [6.45, 7) is 0.855. The Bertz CT molecular complexity index is 276. The average Bonchev–Trinajstić information content (AvgIpc) is 2.26. The zero-order chi connectivity index (χ0) is 11.1. The fraction of sp³-hybridized carbons (Fsp3) is 0.455. The van der Waals surface area contributed by atoms with Crippen molar-refractivity contribution in [3.05, 3.63) is 34.3 Å². The maximum absolute atomic E-state index is 9.00. The van der Waals surface area contributed by atoms with Crippen LogP contribution in [0.4, 0.5) is 0 Å². The summed E-state index contributed by atoms with van der Waals surface area (Å²) in [4.78, 5) is 0. The van der Waals surface area contributed by atoms with Crippen LogP contribution in [0.5, 0.6) is 0 Å². The third-order valence-corrected chi connectivity index (χ3v) is 2.73. The maximum atomic E-state index is 9.00. The summed E-state index contributed by atoms with van der Waals surface area (Å²) in [5.41, 5.74) is 1.16. The molecular weight excluding hydrogens is 258 g/mol. The van der Waals surface area contributed by atoms with Crippen LogP contribution in [-0.4, -0.2) is 29.5 Å². The van der Waals surface area contributed by atoms with Gasteiger partial charge in [-0.15, -0.1) is 0 Å². The predicted octanol–water partition coefficient (Wildman–Crippen LogP) is 1.28. The topological polar surface area (TPSA) is 52.5 Å². The first kappa shape index (κ1) is 12.6. The van der Waals surface area contributed by atoms with Crippen molar-refractivity contribution in [3.63, 3.8) is 0 Å². The van der Waals surface area contributed by atoms with Crippen molar-refractivity contribution in [2.45, 2.75) is 19.0 Å². The van der Waals surface area contributed by atoms with E-state index in [0.717, 1.165) is 10.0 Å². The number of hydrogen-bond donors (Lipinski definition) is 3. The quantitative estimate of drug-likeness (QED) is 0.732. The van der Waals surface area contributed by atoms with Crippen LogP contribution >= 0.6 is 15.9 Å². The van der Waals surface area contributed by atoms with E-state index < -0.39 is 0 Å². The highest BCUT2D eigenvalue weighted by Crippen LogP contribution is 2.10. The monoisotopic (exact) mass is 273 g/mol. The molecule has 0 saturated heterocycles. The Morgan fingerprint density at radius 1 is 1.20 bits per heavy atom. The SMILES string of the molecule is OCCC(CO)NCc1ccc(Br)cc1.